The first-order chi connectivity index (χ1) is 14.9. The number of rotatable bonds is 9. The van der Waals surface area contributed by atoms with Crippen LogP contribution < -0.4 is 9.64 Å². The van der Waals surface area contributed by atoms with Crippen molar-refractivity contribution in [3.63, 3.8) is 0 Å². The van der Waals surface area contributed by atoms with E-state index in [4.69, 9.17) is 4.74 Å². The van der Waals surface area contributed by atoms with Crippen molar-refractivity contribution in [2.45, 2.75) is 11.3 Å². The van der Waals surface area contributed by atoms with Crippen molar-refractivity contribution >= 4 is 21.6 Å². The molecule has 0 unspecified atom stereocenters. The van der Waals surface area contributed by atoms with E-state index in [2.05, 4.69) is 0 Å². The van der Waals surface area contributed by atoms with Gasteiger partial charge < -0.3 is 9.64 Å². The van der Waals surface area contributed by atoms with Gasteiger partial charge in [0.25, 0.3) is 0 Å². The molecule has 0 bridgehead atoms. The molecule has 0 aromatic heterocycles. The summed E-state index contributed by atoms with van der Waals surface area (Å²) in [5, 5.41) is 0. The number of ether oxygens (including phenoxy) is 1. The maximum absolute atomic E-state index is 13.4. The minimum atomic E-state index is -3.88. The Morgan fingerprint density at radius 2 is 1.45 bits per heavy atom. The third kappa shape index (κ3) is 5.71. The Balaban J connectivity index is 1.85. The SMILES string of the molecule is COc1ccc(S(=O)(=O)N(CCc2ccccc2)CC(=O)N(C)c2ccccc2)cc1. The van der Waals surface area contributed by atoms with E-state index in [9.17, 15) is 13.2 Å². The second-order valence-corrected chi connectivity index (χ2v) is 8.98. The summed E-state index contributed by atoms with van der Waals surface area (Å²) >= 11 is 0. The van der Waals surface area contributed by atoms with Gasteiger partial charge in [-0.2, -0.15) is 4.31 Å². The highest BCUT2D eigenvalue weighted by molar-refractivity contribution is 7.89. The first-order valence-electron chi connectivity index (χ1n) is 9.91. The second kappa shape index (κ2) is 10.2. The minimum Gasteiger partial charge on any atom is -0.497 e. The number of sulfonamides is 1. The van der Waals surface area contributed by atoms with Crippen LogP contribution in [0, 0.1) is 0 Å². The third-order valence-corrected chi connectivity index (χ3v) is 6.88. The van der Waals surface area contributed by atoms with Gasteiger partial charge in [0.05, 0.1) is 18.6 Å². The molecule has 0 aliphatic carbocycles. The number of anilines is 1. The van der Waals surface area contributed by atoms with Crippen LogP contribution in [-0.2, 0) is 21.2 Å². The summed E-state index contributed by atoms with van der Waals surface area (Å²) in [6.07, 6.45) is 0.499. The zero-order valence-corrected chi connectivity index (χ0v) is 18.5. The molecule has 162 valence electrons. The number of benzene rings is 3. The van der Waals surface area contributed by atoms with E-state index in [0.717, 1.165) is 5.56 Å². The van der Waals surface area contributed by atoms with Gasteiger partial charge in [0.1, 0.15) is 5.75 Å². The second-order valence-electron chi connectivity index (χ2n) is 7.04. The van der Waals surface area contributed by atoms with Crippen LogP contribution in [0.4, 0.5) is 5.69 Å². The molecule has 0 saturated carbocycles. The fourth-order valence-electron chi connectivity index (χ4n) is 3.13. The number of hydrogen-bond acceptors (Lipinski definition) is 4. The molecule has 0 radical (unpaired) electrons. The molecule has 3 aromatic carbocycles. The summed E-state index contributed by atoms with van der Waals surface area (Å²) in [5.41, 5.74) is 1.71. The Morgan fingerprint density at radius 3 is 2.03 bits per heavy atom. The molecule has 1 amide bonds. The smallest absolute Gasteiger partial charge is 0.243 e. The molecule has 0 spiro atoms. The van der Waals surface area contributed by atoms with E-state index in [1.165, 1.54) is 28.4 Å². The predicted molar refractivity (Wildman–Crippen MR) is 122 cm³/mol. The van der Waals surface area contributed by atoms with Gasteiger partial charge >= 0.3 is 0 Å². The number of carbonyl (C=O) groups excluding carboxylic acids is 1. The molecule has 0 saturated heterocycles. The van der Waals surface area contributed by atoms with Gasteiger partial charge in [-0.3, -0.25) is 4.79 Å². The Morgan fingerprint density at radius 1 is 0.871 bits per heavy atom. The Bertz CT molecular complexity index is 1090. The maximum atomic E-state index is 13.4. The lowest BCUT2D eigenvalue weighted by molar-refractivity contribution is -0.118. The molecule has 7 heteroatoms. The van der Waals surface area contributed by atoms with Crippen molar-refractivity contribution < 1.29 is 17.9 Å². The number of amides is 1. The molecule has 6 nitrogen and oxygen atoms in total. The average Bonchev–Trinajstić information content (AvgIpc) is 2.82. The first-order valence-corrected chi connectivity index (χ1v) is 11.4. The highest BCUT2D eigenvalue weighted by Crippen LogP contribution is 2.21. The first kappa shape index (κ1) is 22.5. The van der Waals surface area contributed by atoms with Crippen molar-refractivity contribution in [3.05, 3.63) is 90.5 Å². The number of nitrogens with zero attached hydrogens (tertiary/aromatic N) is 2. The number of methoxy groups -OCH3 is 1. The molecule has 0 heterocycles. The van der Waals surface area contributed by atoms with Crippen LogP contribution in [0.3, 0.4) is 0 Å². The molecule has 0 aliphatic heterocycles. The van der Waals surface area contributed by atoms with Crippen LogP contribution in [0.5, 0.6) is 5.75 Å². The van der Waals surface area contributed by atoms with Crippen molar-refractivity contribution in [2.75, 3.05) is 32.1 Å². The molecule has 3 aromatic rings. The summed E-state index contributed by atoms with van der Waals surface area (Å²) in [7, 11) is -0.709. The Hall–Kier alpha value is -3.16. The van der Waals surface area contributed by atoms with Crippen LogP contribution in [-0.4, -0.2) is 45.9 Å². The molecule has 0 aliphatic rings. The van der Waals surface area contributed by atoms with Gasteiger partial charge in [-0.15, -0.1) is 0 Å². The zero-order valence-electron chi connectivity index (χ0n) is 17.6. The number of hydrogen-bond donors (Lipinski definition) is 0. The van der Waals surface area contributed by atoms with Crippen LogP contribution in [0.15, 0.2) is 89.8 Å². The van der Waals surface area contributed by atoms with Gasteiger partial charge in [0, 0.05) is 19.3 Å². The zero-order chi connectivity index (χ0) is 22.3. The van der Waals surface area contributed by atoms with Crippen LogP contribution >= 0.6 is 0 Å². The van der Waals surface area contributed by atoms with E-state index >= 15 is 0 Å². The topological polar surface area (TPSA) is 66.9 Å². The van der Waals surface area contributed by atoms with Crippen LogP contribution in [0.1, 0.15) is 5.56 Å². The normalized spacial score (nSPS) is 11.3. The summed E-state index contributed by atoms with van der Waals surface area (Å²) in [5.74, 6) is 0.256. The van der Waals surface area contributed by atoms with E-state index in [1.54, 1.807) is 19.2 Å². The fraction of sp³-hybridized carbons (Fsp3) is 0.208. The number of para-hydroxylation sites is 1. The minimum absolute atomic E-state index is 0.122. The standard InChI is InChI=1S/C24H26N2O4S/c1-25(21-11-7-4-8-12-21)24(27)19-26(18-17-20-9-5-3-6-10-20)31(28,29)23-15-13-22(30-2)14-16-23/h3-16H,17-19H2,1-2H3. The van der Waals surface area contributed by atoms with Gasteiger partial charge in [-0.25, -0.2) is 8.42 Å². The van der Waals surface area contributed by atoms with Crippen molar-refractivity contribution in [3.8, 4) is 5.75 Å². The molecule has 0 fully saturated rings. The lowest BCUT2D eigenvalue weighted by Gasteiger charge is -2.25. The van der Waals surface area contributed by atoms with Crippen molar-refractivity contribution in [1.82, 2.24) is 4.31 Å². The average molecular weight is 439 g/mol. The molecule has 31 heavy (non-hydrogen) atoms. The Labute approximate surface area is 183 Å². The fourth-order valence-corrected chi connectivity index (χ4v) is 4.52. The molecule has 0 N–H and O–H groups in total. The van der Waals surface area contributed by atoms with E-state index in [-0.39, 0.29) is 23.9 Å². The molecular formula is C24H26N2O4S. The highest BCUT2D eigenvalue weighted by atomic mass is 32.2. The van der Waals surface area contributed by atoms with Gasteiger partial charge in [-0.1, -0.05) is 48.5 Å². The summed E-state index contributed by atoms with van der Waals surface area (Å²) in [4.78, 5) is 14.5. The van der Waals surface area contributed by atoms with Crippen LogP contribution in [0.25, 0.3) is 0 Å². The molecular weight excluding hydrogens is 412 g/mol. The Kier molecular flexibility index (Phi) is 7.44. The largest absolute Gasteiger partial charge is 0.497 e. The predicted octanol–water partition coefficient (Wildman–Crippen LogP) is 3.59. The quantitative estimate of drug-likeness (QED) is 0.512. The van der Waals surface area contributed by atoms with Gasteiger partial charge in [-0.05, 0) is 48.4 Å². The maximum Gasteiger partial charge on any atom is 0.243 e. The summed E-state index contributed by atoms with van der Waals surface area (Å²) < 4.78 is 33.1. The molecule has 3 rings (SSSR count). The highest BCUT2D eigenvalue weighted by Gasteiger charge is 2.28. The number of likely N-dealkylation sites (N-methyl/N-ethyl adjacent to an activating group) is 1. The lowest BCUT2D eigenvalue weighted by Crippen LogP contribution is -2.42. The number of carbonyl (C=O) groups is 1. The van der Waals surface area contributed by atoms with Crippen LogP contribution in [0.2, 0.25) is 0 Å². The summed E-state index contributed by atoms with van der Waals surface area (Å²) in [6, 6.07) is 24.9. The van der Waals surface area contributed by atoms with Gasteiger partial charge in [0.2, 0.25) is 15.9 Å². The monoisotopic (exact) mass is 438 g/mol. The van der Waals surface area contributed by atoms with E-state index < -0.39 is 10.0 Å². The third-order valence-electron chi connectivity index (χ3n) is 5.02. The van der Waals surface area contributed by atoms with Crippen molar-refractivity contribution in [1.29, 1.82) is 0 Å². The van der Waals surface area contributed by atoms with Gasteiger partial charge in [0.15, 0.2) is 0 Å². The lowest BCUT2D eigenvalue weighted by atomic mass is 10.1. The van der Waals surface area contributed by atoms with E-state index in [0.29, 0.717) is 17.9 Å². The van der Waals surface area contributed by atoms with E-state index in [1.807, 2.05) is 60.7 Å². The van der Waals surface area contributed by atoms with Crippen molar-refractivity contribution in [2.24, 2.45) is 0 Å². The molecule has 0 atom stereocenters. The summed E-state index contributed by atoms with van der Waals surface area (Å²) in [6.45, 7) is -0.0701.